The summed E-state index contributed by atoms with van der Waals surface area (Å²) in [6, 6.07) is 17.7. The van der Waals surface area contributed by atoms with Crippen LogP contribution in [0.2, 0.25) is 0 Å². The first-order chi connectivity index (χ1) is 14.3. The number of aliphatic hydroxyl groups is 1. The number of carbonyl (C=O) groups excluding carboxylic acids is 2. The van der Waals surface area contributed by atoms with Gasteiger partial charge in [0.15, 0.2) is 5.76 Å². The van der Waals surface area contributed by atoms with E-state index in [9.17, 15) is 14.7 Å². The SMILES string of the molecule is CC1(C)OC=C([C@@H]2N(Cc3ccccc3)C(=O)[C@@]2(O)C(=O)NCc2ccccc2)O1. The van der Waals surface area contributed by atoms with E-state index >= 15 is 0 Å². The summed E-state index contributed by atoms with van der Waals surface area (Å²) in [4.78, 5) is 27.3. The van der Waals surface area contributed by atoms with Crippen molar-refractivity contribution in [2.75, 3.05) is 0 Å². The fraction of sp³-hybridized carbons (Fsp3) is 0.304. The largest absolute Gasteiger partial charge is 0.457 e. The van der Waals surface area contributed by atoms with E-state index in [1.807, 2.05) is 60.7 Å². The number of likely N-dealkylation sites (tertiary alicyclic amines) is 1. The molecule has 2 amide bonds. The molecule has 2 aliphatic rings. The molecular formula is C23H24N2O5. The van der Waals surface area contributed by atoms with Gasteiger partial charge in [-0.05, 0) is 11.1 Å². The summed E-state index contributed by atoms with van der Waals surface area (Å²) in [6.07, 6.45) is 1.37. The van der Waals surface area contributed by atoms with Crippen LogP contribution >= 0.6 is 0 Å². The Morgan fingerprint density at radius 1 is 1.07 bits per heavy atom. The standard InChI is InChI=1S/C23H24N2O5/c1-22(2)29-15-18(30-22)19-23(28,20(26)24-13-16-9-5-3-6-10-16)21(27)25(19)14-17-11-7-4-8-12-17/h3-12,15,19,28H,13-14H2,1-2H3,(H,24,26)/t19-,23-/m0/s1. The number of nitrogens with one attached hydrogen (secondary N) is 1. The van der Waals surface area contributed by atoms with E-state index in [1.54, 1.807) is 13.8 Å². The lowest BCUT2D eigenvalue weighted by molar-refractivity contribution is -0.201. The second kappa shape index (κ2) is 7.50. The molecule has 0 aromatic heterocycles. The fourth-order valence-electron chi connectivity index (χ4n) is 3.70. The van der Waals surface area contributed by atoms with Crippen molar-refractivity contribution < 1.29 is 24.2 Å². The molecule has 2 aliphatic heterocycles. The first-order valence-corrected chi connectivity index (χ1v) is 9.78. The van der Waals surface area contributed by atoms with Crippen LogP contribution in [0, 0.1) is 0 Å². The molecule has 1 saturated heterocycles. The van der Waals surface area contributed by atoms with E-state index < -0.39 is 29.2 Å². The summed E-state index contributed by atoms with van der Waals surface area (Å²) >= 11 is 0. The van der Waals surface area contributed by atoms with Crippen LogP contribution in [-0.2, 0) is 32.2 Å². The van der Waals surface area contributed by atoms with E-state index in [1.165, 1.54) is 11.2 Å². The number of rotatable bonds is 6. The highest BCUT2D eigenvalue weighted by atomic mass is 16.7. The molecule has 1 fully saturated rings. The number of hydrogen-bond acceptors (Lipinski definition) is 5. The molecule has 7 heteroatoms. The van der Waals surface area contributed by atoms with E-state index in [0.717, 1.165) is 11.1 Å². The smallest absolute Gasteiger partial charge is 0.268 e. The molecule has 0 bridgehead atoms. The second-order valence-corrected chi connectivity index (χ2v) is 7.90. The van der Waals surface area contributed by atoms with Gasteiger partial charge in [-0.2, -0.15) is 0 Å². The van der Waals surface area contributed by atoms with Crippen molar-refractivity contribution >= 4 is 11.8 Å². The van der Waals surface area contributed by atoms with Gasteiger partial charge in [-0.1, -0.05) is 60.7 Å². The lowest BCUT2D eigenvalue weighted by atomic mass is 9.79. The van der Waals surface area contributed by atoms with Crippen LogP contribution < -0.4 is 5.32 Å². The summed E-state index contributed by atoms with van der Waals surface area (Å²) in [5.74, 6) is -2.13. The molecule has 0 saturated carbocycles. The quantitative estimate of drug-likeness (QED) is 0.564. The minimum absolute atomic E-state index is 0.197. The molecule has 2 aromatic rings. The Kier molecular flexibility index (Phi) is 4.99. The number of hydrogen-bond donors (Lipinski definition) is 2. The van der Waals surface area contributed by atoms with Crippen molar-refractivity contribution in [2.24, 2.45) is 0 Å². The van der Waals surface area contributed by atoms with Crippen molar-refractivity contribution in [1.29, 1.82) is 0 Å². The number of ether oxygens (including phenoxy) is 2. The zero-order valence-electron chi connectivity index (χ0n) is 16.9. The van der Waals surface area contributed by atoms with Gasteiger partial charge in [-0.25, -0.2) is 0 Å². The average molecular weight is 408 g/mol. The lowest BCUT2D eigenvalue weighted by Crippen LogP contribution is -2.79. The highest BCUT2D eigenvalue weighted by Gasteiger charge is 2.68. The zero-order chi connectivity index (χ0) is 21.4. The van der Waals surface area contributed by atoms with Gasteiger partial charge in [0, 0.05) is 26.9 Å². The highest BCUT2D eigenvalue weighted by Crippen LogP contribution is 2.41. The summed E-state index contributed by atoms with van der Waals surface area (Å²) in [6.45, 7) is 3.86. The van der Waals surface area contributed by atoms with Crippen molar-refractivity contribution in [3.63, 3.8) is 0 Å². The van der Waals surface area contributed by atoms with Crippen LogP contribution in [0.1, 0.15) is 25.0 Å². The Hall–Kier alpha value is -3.32. The van der Waals surface area contributed by atoms with E-state index in [2.05, 4.69) is 5.32 Å². The normalized spacial score (nSPS) is 24.4. The van der Waals surface area contributed by atoms with Crippen LogP contribution in [-0.4, -0.2) is 39.3 Å². The van der Waals surface area contributed by atoms with Gasteiger partial charge < -0.3 is 24.8 Å². The summed E-state index contributed by atoms with van der Waals surface area (Å²) in [5, 5.41) is 13.9. The Balaban J connectivity index is 1.57. The Labute approximate surface area is 174 Å². The van der Waals surface area contributed by atoms with Gasteiger partial charge in [-0.3, -0.25) is 9.59 Å². The van der Waals surface area contributed by atoms with Crippen molar-refractivity contribution in [3.8, 4) is 0 Å². The molecule has 2 aromatic carbocycles. The predicted octanol–water partition coefficient (Wildman–Crippen LogP) is 2.07. The lowest BCUT2D eigenvalue weighted by Gasteiger charge is -2.51. The summed E-state index contributed by atoms with van der Waals surface area (Å²) in [7, 11) is 0. The van der Waals surface area contributed by atoms with Crippen LogP contribution in [0.5, 0.6) is 0 Å². The van der Waals surface area contributed by atoms with Gasteiger partial charge in [-0.15, -0.1) is 0 Å². The molecule has 2 atom stereocenters. The Morgan fingerprint density at radius 3 is 2.23 bits per heavy atom. The second-order valence-electron chi connectivity index (χ2n) is 7.90. The maximum atomic E-state index is 13.0. The van der Waals surface area contributed by atoms with E-state index in [-0.39, 0.29) is 18.8 Å². The summed E-state index contributed by atoms with van der Waals surface area (Å²) < 4.78 is 11.3. The van der Waals surface area contributed by atoms with Crippen LogP contribution in [0.25, 0.3) is 0 Å². The molecule has 156 valence electrons. The molecule has 4 rings (SSSR count). The molecule has 2 N–H and O–H groups in total. The minimum Gasteiger partial charge on any atom is -0.457 e. The topological polar surface area (TPSA) is 88.1 Å². The monoisotopic (exact) mass is 408 g/mol. The third kappa shape index (κ3) is 3.52. The maximum absolute atomic E-state index is 13.0. The molecule has 7 nitrogen and oxygen atoms in total. The van der Waals surface area contributed by atoms with E-state index in [4.69, 9.17) is 9.47 Å². The number of carbonyl (C=O) groups is 2. The molecular weight excluding hydrogens is 384 g/mol. The van der Waals surface area contributed by atoms with Crippen LogP contribution in [0.3, 0.4) is 0 Å². The van der Waals surface area contributed by atoms with Crippen molar-refractivity contribution in [1.82, 2.24) is 10.2 Å². The molecule has 30 heavy (non-hydrogen) atoms. The number of benzene rings is 2. The van der Waals surface area contributed by atoms with Crippen LogP contribution in [0.15, 0.2) is 72.7 Å². The minimum atomic E-state index is -2.26. The zero-order valence-corrected chi connectivity index (χ0v) is 16.9. The first-order valence-electron chi connectivity index (χ1n) is 9.78. The van der Waals surface area contributed by atoms with Crippen molar-refractivity contribution in [3.05, 3.63) is 83.8 Å². The van der Waals surface area contributed by atoms with Gasteiger partial charge in [0.2, 0.25) is 11.4 Å². The summed E-state index contributed by atoms with van der Waals surface area (Å²) in [5.41, 5.74) is -0.528. The Bertz CT molecular complexity index is 964. The fourth-order valence-corrected chi connectivity index (χ4v) is 3.70. The first kappa shape index (κ1) is 20.0. The van der Waals surface area contributed by atoms with Gasteiger partial charge in [0.1, 0.15) is 12.3 Å². The molecule has 0 unspecified atom stereocenters. The number of nitrogens with zero attached hydrogens (tertiary/aromatic N) is 1. The van der Waals surface area contributed by atoms with Crippen molar-refractivity contribution in [2.45, 2.75) is 44.4 Å². The third-order valence-electron chi connectivity index (χ3n) is 5.22. The molecule has 0 radical (unpaired) electrons. The van der Waals surface area contributed by atoms with Gasteiger partial charge in [0.05, 0.1) is 0 Å². The molecule has 2 heterocycles. The molecule has 0 spiro atoms. The maximum Gasteiger partial charge on any atom is 0.268 e. The third-order valence-corrected chi connectivity index (χ3v) is 5.22. The number of amides is 2. The Morgan fingerprint density at radius 2 is 1.67 bits per heavy atom. The van der Waals surface area contributed by atoms with Gasteiger partial charge in [0.25, 0.3) is 11.8 Å². The number of β-lactam (4-membered cyclic amide) rings is 1. The molecule has 0 aliphatic carbocycles. The highest BCUT2D eigenvalue weighted by molar-refractivity contribution is 6.14. The van der Waals surface area contributed by atoms with Crippen LogP contribution in [0.4, 0.5) is 0 Å². The van der Waals surface area contributed by atoms with Gasteiger partial charge >= 0.3 is 0 Å². The predicted molar refractivity (Wildman–Crippen MR) is 108 cm³/mol. The average Bonchev–Trinajstić information content (AvgIpc) is 3.11. The van der Waals surface area contributed by atoms with E-state index in [0.29, 0.717) is 0 Å².